The van der Waals surface area contributed by atoms with Gasteiger partial charge >= 0.3 is 0 Å². The number of rotatable bonds is 4. The molecule has 2 aromatic rings. The highest BCUT2D eigenvalue weighted by atomic mass is 16.5. The molecular formula is C15H17NO. The van der Waals surface area contributed by atoms with E-state index in [0.29, 0.717) is 0 Å². The van der Waals surface area contributed by atoms with Crippen LogP contribution in [0.1, 0.15) is 11.1 Å². The van der Waals surface area contributed by atoms with Crippen molar-refractivity contribution in [2.24, 2.45) is 0 Å². The largest absolute Gasteiger partial charge is 0.497 e. The van der Waals surface area contributed by atoms with Crippen molar-refractivity contribution in [1.29, 1.82) is 0 Å². The van der Waals surface area contributed by atoms with E-state index in [0.717, 1.165) is 18.0 Å². The summed E-state index contributed by atoms with van der Waals surface area (Å²) in [5.74, 6) is 0.893. The predicted molar refractivity (Wildman–Crippen MR) is 71.5 cm³/mol. The monoisotopic (exact) mass is 227 g/mol. The molecule has 1 N–H and O–H groups in total. The molecule has 0 saturated carbocycles. The van der Waals surface area contributed by atoms with E-state index >= 15 is 0 Å². The number of aryl methyl sites for hydroxylation is 1. The van der Waals surface area contributed by atoms with Gasteiger partial charge in [-0.2, -0.15) is 0 Å². The van der Waals surface area contributed by atoms with E-state index in [1.165, 1.54) is 11.1 Å². The Morgan fingerprint density at radius 1 is 1.06 bits per heavy atom. The number of nitrogens with one attached hydrogen (secondary N) is 1. The van der Waals surface area contributed by atoms with Gasteiger partial charge in [-0.25, -0.2) is 0 Å². The smallest absolute Gasteiger partial charge is 0.118 e. The minimum atomic E-state index is 0.827. The highest BCUT2D eigenvalue weighted by Gasteiger charge is 1.95. The topological polar surface area (TPSA) is 21.3 Å². The number of ether oxygens (including phenoxy) is 1. The van der Waals surface area contributed by atoms with Crippen molar-refractivity contribution in [2.75, 3.05) is 12.4 Å². The fourth-order valence-electron chi connectivity index (χ4n) is 1.70. The Morgan fingerprint density at radius 3 is 2.47 bits per heavy atom. The normalized spacial score (nSPS) is 10.0. The van der Waals surface area contributed by atoms with Crippen LogP contribution in [0, 0.1) is 6.92 Å². The number of anilines is 1. The van der Waals surface area contributed by atoms with Crippen LogP contribution in [0.3, 0.4) is 0 Å². The van der Waals surface area contributed by atoms with Gasteiger partial charge in [0, 0.05) is 12.2 Å². The molecule has 17 heavy (non-hydrogen) atoms. The molecule has 0 amide bonds. The molecule has 0 spiro atoms. The van der Waals surface area contributed by atoms with Gasteiger partial charge in [-0.15, -0.1) is 0 Å². The average molecular weight is 227 g/mol. The van der Waals surface area contributed by atoms with Crippen molar-refractivity contribution in [3.63, 3.8) is 0 Å². The maximum atomic E-state index is 5.13. The molecule has 2 aromatic carbocycles. The lowest BCUT2D eigenvalue weighted by Crippen LogP contribution is -1.99. The van der Waals surface area contributed by atoms with Crippen LogP contribution in [0.4, 0.5) is 5.69 Å². The Bertz CT molecular complexity index is 477. The van der Waals surface area contributed by atoms with E-state index in [9.17, 15) is 0 Å². The first-order valence-electron chi connectivity index (χ1n) is 5.71. The summed E-state index contributed by atoms with van der Waals surface area (Å²) in [4.78, 5) is 0. The molecule has 2 rings (SSSR count). The lowest BCUT2D eigenvalue weighted by atomic mass is 10.2. The Morgan fingerprint density at radius 2 is 1.82 bits per heavy atom. The zero-order valence-corrected chi connectivity index (χ0v) is 10.2. The average Bonchev–Trinajstić information content (AvgIpc) is 2.37. The van der Waals surface area contributed by atoms with Gasteiger partial charge in [0.2, 0.25) is 0 Å². The number of methoxy groups -OCH3 is 1. The Labute approximate surface area is 102 Å². The summed E-state index contributed by atoms with van der Waals surface area (Å²) in [6.45, 7) is 2.92. The van der Waals surface area contributed by atoms with Crippen LogP contribution < -0.4 is 10.1 Å². The third kappa shape index (κ3) is 3.25. The van der Waals surface area contributed by atoms with Crippen molar-refractivity contribution in [1.82, 2.24) is 0 Å². The molecule has 88 valence electrons. The highest BCUT2D eigenvalue weighted by Crippen LogP contribution is 2.14. The van der Waals surface area contributed by atoms with Gasteiger partial charge in [0.05, 0.1) is 7.11 Å². The van der Waals surface area contributed by atoms with Crippen molar-refractivity contribution in [2.45, 2.75) is 13.5 Å². The van der Waals surface area contributed by atoms with Crippen molar-refractivity contribution >= 4 is 5.69 Å². The molecule has 0 radical (unpaired) electrons. The van der Waals surface area contributed by atoms with Crippen LogP contribution in [0.2, 0.25) is 0 Å². The SMILES string of the molecule is COc1ccc(CNc2cccc(C)c2)cc1. The molecule has 0 aliphatic heterocycles. The quantitative estimate of drug-likeness (QED) is 0.861. The second kappa shape index (κ2) is 5.39. The number of hydrogen-bond acceptors (Lipinski definition) is 2. The van der Waals surface area contributed by atoms with E-state index < -0.39 is 0 Å². The van der Waals surface area contributed by atoms with Crippen molar-refractivity contribution < 1.29 is 4.74 Å². The van der Waals surface area contributed by atoms with E-state index in [4.69, 9.17) is 4.74 Å². The summed E-state index contributed by atoms with van der Waals surface area (Å²) in [5, 5.41) is 3.40. The zero-order chi connectivity index (χ0) is 12.1. The molecule has 0 fully saturated rings. The number of benzene rings is 2. The predicted octanol–water partition coefficient (Wildman–Crippen LogP) is 3.62. The number of hydrogen-bond donors (Lipinski definition) is 1. The molecular weight excluding hydrogens is 210 g/mol. The molecule has 0 bridgehead atoms. The Balaban J connectivity index is 1.97. The molecule has 0 saturated heterocycles. The van der Waals surface area contributed by atoms with E-state index in [2.05, 4.69) is 48.6 Å². The van der Waals surface area contributed by atoms with E-state index in [-0.39, 0.29) is 0 Å². The second-order valence-corrected chi connectivity index (χ2v) is 4.07. The molecule has 0 aromatic heterocycles. The molecule has 2 heteroatoms. The molecule has 0 atom stereocenters. The fraction of sp³-hybridized carbons (Fsp3) is 0.200. The van der Waals surface area contributed by atoms with Crippen molar-refractivity contribution in [3.8, 4) is 5.75 Å². The minimum Gasteiger partial charge on any atom is -0.497 e. The summed E-state index contributed by atoms with van der Waals surface area (Å²) in [5.41, 5.74) is 3.66. The van der Waals surface area contributed by atoms with Crippen LogP contribution >= 0.6 is 0 Å². The lowest BCUT2D eigenvalue weighted by molar-refractivity contribution is 0.414. The minimum absolute atomic E-state index is 0.827. The van der Waals surface area contributed by atoms with Crippen LogP contribution in [-0.4, -0.2) is 7.11 Å². The van der Waals surface area contributed by atoms with E-state index in [1.54, 1.807) is 7.11 Å². The summed E-state index contributed by atoms with van der Waals surface area (Å²) >= 11 is 0. The second-order valence-electron chi connectivity index (χ2n) is 4.07. The maximum absolute atomic E-state index is 5.13. The summed E-state index contributed by atoms with van der Waals surface area (Å²) in [6.07, 6.45) is 0. The zero-order valence-electron chi connectivity index (χ0n) is 10.2. The van der Waals surface area contributed by atoms with Gasteiger partial charge in [0.15, 0.2) is 0 Å². The molecule has 0 heterocycles. The van der Waals surface area contributed by atoms with Gasteiger partial charge in [-0.1, -0.05) is 24.3 Å². The van der Waals surface area contributed by atoms with Crippen LogP contribution in [0.5, 0.6) is 5.75 Å². The van der Waals surface area contributed by atoms with E-state index in [1.807, 2.05) is 12.1 Å². The molecule has 2 nitrogen and oxygen atoms in total. The maximum Gasteiger partial charge on any atom is 0.118 e. The third-order valence-corrected chi connectivity index (χ3v) is 2.67. The molecule has 0 unspecified atom stereocenters. The van der Waals surface area contributed by atoms with Gasteiger partial charge in [0.25, 0.3) is 0 Å². The highest BCUT2D eigenvalue weighted by molar-refractivity contribution is 5.46. The summed E-state index contributed by atoms with van der Waals surface area (Å²) in [6, 6.07) is 16.5. The van der Waals surface area contributed by atoms with Crippen LogP contribution in [-0.2, 0) is 6.54 Å². The van der Waals surface area contributed by atoms with Gasteiger partial charge in [0.1, 0.15) is 5.75 Å². The summed E-state index contributed by atoms with van der Waals surface area (Å²) in [7, 11) is 1.68. The van der Waals surface area contributed by atoms with Crippen LogP contribution in [0.25, 0.3) is 0 Å². The standard InChI is InChI=1S/C15H17NO/c1-12-4-3-5-14(10-12)16-11-13-6-8-15(17-2)9-7-13/h3-10,16H,11H2,1-2H3. The van der Waals surface area contributed by atoms with Gasteiger partial charge < -0.3 is 10.1 Å². The van der Waals surface area contributed by atoms with Crippen LogP contribution in [0.15, 0.2) is 48.5 Å². The lowest BCUT2D eigenvalue weighted by Gasteiger charge is -2.08. The third-order valence-electron chi connectivity index (χ3n) is 2.67. The fourth-order valence-corrected chi connectivity index (χ4v) is 1.70. The summed E-state index contributed by atoms with van der Waals surface area (Å²) < 4.78 is 5.13. The van der Waals surface area contributed by atoms with Gasteiger partial charge in [-0.3, -0.25) is 0 Å². The Hall–Kier alpha value is -1.96. The molecule has 0 aliphatic rings. The first-order valence-corrected chi connectivity index (χ1v) is 5.71. The first kappa shape index (κ1) is 11.5. The molecule has 0 aliphatic carbocycles. The van der Waals surface area contributed by atoms with Crippen molar-refractivity contribution in [3.05, 3.63) is 59.7 Å². The Kier molecular flexibility index (Phi) is 3.66. The van der Waals surface area contributed by atoms with Gasteiger partial charge in [-0.05, 0) is 42.3 Å². The first-order chi connectivity index (χ1) is 8.28.